The van der Waals surface area contributed by atoms with Gasteiger partial charge in [0.25, 0.3) is 0 Å². The molecule has 0 unspecified atom stereocenters. The minimum Gasteiger partial charge on any atom is -0.481 e. The normalized spacial score (nSPS) is 9.32. The number of aromatic nitrogens is 2. The lowest BCUT2D eigenvalue weighted by Crippen LogP contribution is -2.04. The molecule has 0 bridgehead atoms. The van der Waals surface area contributed by atoms with E-state index in [1.807, 2.05) is 23.6 Å². The Hall–Kier alpha value is -3.19. The number of rotatable bonds is 7. The number of hydrogen-bond acceptors (Lipinski definition) is 4. The fourth-order valence-corrected chi connectivity index (χ4v) is 3.03. The Bertz CT molecular complexity index is 959. The SMILES string of the molecule is C=Cc1cnc(C)n1Cc1ccc(C(=O)O)cc1.CCC(=O)O.CCCCC.Cc1cccs1. The van der Waals surface area contributed by atoms with Crippen LogP contribution in [0, 0.1) is 13.8 Å². The van der Waals surface area contributed by atoms with Gasteiger partial charge in [-0.1, -0.05) is 64.8 Å². The average Bonchev–Trinajstić information content (AvgIpc) is 3.44. The topological polar surface area (TPSA) is 92.4 Å². The quantitative estimate of drug-likeness (QED) is 0.365. The minimum atomic E-state index is -0.910. The van der Waals surface area contributed by atoms with E-state index in [1.165, 1.54) is 24.1 Å². The van der Waals surface area contributed by atoms with Crippen molar-refractivity contribution in [2.45, 2.75) is 66.8 Å². The first-order valence-corrected chi connectivity index (χ1v) is 12.3. The molecule has 0 radical (unpaired) electrons. The fraction of sp³-hybridized carbons (Fsp3) is 0.370. The molecule has 0 aliphatic carbocycles. The van der Waals surface area contributed by atoms with Gasteiger partial charge in [-0.25, -0.2) is 9.78 Å². The standard InChI is InChI=1S/C14H14N2O2.C5H6S.C5H12.C3H6O2/c1-3-13-8-15-10(2)16(13)9-11-4-6-12(7-5-11)14(17)18;1-5-3-2-4-6-5;1-3-5-4-2;1-2-3(4)5/h3-8H,1,9H2,2H3,(H,17,18);2-4H,1H3;3-5H2,1-2H3;2H2,1H3,(H,4,5). The minimum absolute atomic E-state index is 0.222. The molecule has 0 spiro atoms. The molecule has 34 heavy (non-hydrogen) atoms. The number of imidazole rings is 1. The zero-order valence-corrected chi connectivity index (χ0v) is 21.8. The Labute approximate surface area is 207 Å². The second-order valence-corrected chi connectivity index (χ2v) is 8.50. The van der Waals surface area contributed by atoms with E-state index >= 15 is 0 Å². The van der Waals surface area contributed by atoms with Crippen LogP contribution in [0.15, 0.2) is 54.6 Å². The molecule has 7 heteroatoms. The van der Waals surface area contributed by atoms with Gasteiger partial charge < -0.3 is 14.8 Å². The van der Waals surface area contributed by atoms with Crippen molar-refractivity contribution in [2.24, 2.45) is 0 Å². The van der Waals surface area contributed by atoms with Crippen molar-refractivity contribution in [1.82, 2.24) is 9.55 Å². The van der Waals surface area contributed by atoms with Gasteiger partial charge in [0.2, 0.25) is 0 Å². The Kier molecular flexibility index (Phi) is 16.5. The first kappa shape index (κ1) is 30.8. The van der Waals surface area contributed by atoms with E-state index in [2.05, 4.69) is 49.8 Å². The summed E-state index contributed by atoms with van der Waals surface area (Å²) in [5.41, 5.74) is 2.28. The van der Waals surface area contributed by atoms with E-state index in [1.54, 1.807) is 42.7 Å². The first-order chi connectivity index (χ1) is 16.2. The second-order valence-electron chi connectivity index (χ2n) is 7.35. The van der Waals surface area contributed by atoms with Crippen molar-refractivity contribution in [3.63, 3.8) is 0 Å². The number of aromatic carboxylic acids is 1. The van der Waals surface area contributed by atoms with E-state index in [0.717, 1.165) is 17.1 Å². The maximum Gasteiger partial charge on any atom is 0.335 e. The molecule has 3 rings (SSSR count). The molecule has 186 valence electrons. The van der Waals surface area contributed by atoms with Crippen molar-refractivity contribution in [3.05, 3.63) is 82.1 Å². The van der Waals surface area contributed by atoms with Crippen LogP contribution in [-0.4, -0.2) is 31.7 Å². The molecule has 0 atom stereocenters. The Morgan fingerprint density at radius 1 is 1.06 bits per heavy atom. The molecule has 2 heterocycles. The van der Waals surface area contributed by atoms with Gasteiger partial charge in [-0.05, 0) is 49.1 Å². The van der Waals surface area contributed by atoms with E-state index in [-0.39, 0.29) is 6.42 Å². The average molecular weight is 487 g/mol. The third kappa shape index (κ3) is 13.4. The highest BCUT2D eigenvalue weighted by Gasteiger charge is 2.06. The summed E-state index contributed by atoms with van der Waals surface area (Å²) in [4.78, 5) is 25.7. The van der Waals surface area contributed by atoms with Gasteiger partial charge in [0.05, 0.1) is 17.5 Å². The van der Waals surface area contributed by atoms with E-state index in [4.69, 9.17) is 10.2 Å². The molecular weight excluding hydrogens is 448 g/mol. The Balaban J connectivity index is 0.000000554. The van der Waals surface area contributed by atoms with Crippen molar-refractivity contribution >= 4 is 29.4 Å². The first-order valence-electron chi connectivity index (χ1n) is 11.4. The van der Waals surface area contributed by atoms with Gasteiger partial charge in [-0.3, -0.25) is 4.79 Å². The summed E-state index contributed by atoms with van der Waals surface area (Å²) < 4.78 is 2.03. The van der Waals surface area contributed by atoms with Crippen molar-refractivity contribution in [1.29, 1.82) is 0 Å². The zero-order chi connectivity index (χ0) is 25.9. The highest BCUT2D eigenvalue weighted by Crippen LogP contribution is 2.12. The molecule has 0 saturated heterocycles. The molecule has 0 aliphatic rings. The van der Waals surface area contributed by atoms with Gasteiger partial charge >= 0.3 is 11.9 Å². The maximum absolute atomic E-state index is 10.8. The number of carbonyl (C=O) groups is 2. The van der Waals surface area contributed by atoms with Gasteiger partial charge in [-0.15, -0.1) is 11.3 Å². The summed E-state index contributed by atoms with van der Waals surface area (Å²) in [6.45, 7) is 14.5. The summed E-state index contributed by atoms with van der Waals surface area (Å²) >= 11 is 1.78. The lowest BCUT2D eigenvalue weighted by molar-refractivity contribution is -0.136. The summed E-state index contributed by atoms with van der Waals surface area (Å²) in [6.07, 6.45) is 7.83. The molecule has 0 aliphatic heterocycles. The number of carboxylic acids is 2. The molecular formula is C27H38N2O4S. The number of thiophene rings is 1. The van der Waals surface area contributed by atoms with Gasteiger partial charge in [0.1, 0.15) is 5.82 Å². The molecule has 0 amide bonds. The second kappa shape index (κ2) is 18.3. The van der Waals surface area contributed by atoms with Crippen molar-refractivity contribution in [2.75, 3.05) is 0 Å². The lowest BCUT2D eigenvalue weighted by atomic mass is 10.1. The number of aliphatic carboxylic acids is 1. The number of carboxylic acid groups (broad SMARTS) is 2. The maximum atomic E-state index is 10.8. The molecule has 6 nitrogen and oxygen atoms in total. The summed E-state index contributed by atoms with van der Waals surface area (Å²) in [5, 5.41) is 18.6. The molecule has 0 saturated carbocycles. The van der Waals surface area contributed by atoms with E-state index in [0.29, 0.717) is 12.1 Å². The van der Waals surface area contributed by atoms with Crippen molar-refractivity contribution in [3.8, 4) is 0 Å². The van der Waals surface area contributed by atoms with Crippen LogP contribution in [0.5, 0.6) is 0 Å². The summed E-state index contributed by atoms with van der Waals surface area (Å²) in [6, 6.07) is 11.0. The third-order valence-electron chi connectivity index (χ3n) is 4.51. The smallest absolute Gasteiger partial charge is 0.335 e. The third-order valence-corrected chi connectivity index (χ3v) is 5.31. The Morgan fingerprint density at radius 3 is 1.97 bits per heavy atom. The monoisotopic (exact) mass is 486 g/mol. The van der Waals surface area contributed by atoms with Crippen LogP contribution >= 0.6 is 11.3 Å². The highest BCUT2D eigenvalue weighted by atomic mass is 32.1. The molecule has 2 N–H and O–H groups in total. The number of nitrogens with zero attached hydrogens (tertiary/aromatic N) is 2. The predicted octanol–water partition coefficient (Wildman–Crippen LogP) is 7.32. The van der Waals surface area contributed by atoms with Crippen LogP contribution in [0.4, 0.5) is 0 Å². The largest absolute Gasteiger partial charge is 0.481 e. The van der Waals surface area contributed by atoms with Gasteiger partial charge in [0, 0.05) is 17.8 Å². The zero-order valence-electron chi connectivity index (χ0n) is 21.0. The molecule has 2 aromatic heterocycles. The van der Waals surface area contributed by atoms with Crippen LogP contribution in [0.2, 0.25) is 0 Å². The molecule has 1 aromatic carbocycles. The predicted molar refractivity (Wildman–Crippen MR) is 142 cm³/mol. The van der Waals surface area contributed by atoms with E-state index in [9.17, 15) is 9.59 Å². The number of unbranched alkanes of at least 4 members (excludes halogenated alkanes) is 2. The molecule has 3 aromatic rings. The van der Waals surface area contributed by atoms with Gasteiger partial charge in [0.15, 0.2) is 0 Å². The van der Waals surface area contributed by atoms with Crippen LogP contribution in [0.1, 0.15) is 78.8 Å². The van der Waals surface area contributed by atoms with Crippen LogP contribution in [0.3, 0.4) is 0 Å². The number of aryl methyl sites for hydroxylation is 2. The lowest BCUT2D eigenvalue weighted by Gasteiger charge is -2.08. The van der Waals surface area contributed by atoms with Crippen molar-refractivity contribution < 1.29 is 19.8 Å². The number of hydrogen-bond donors (Lipinski definition) is 2. The van der Waals surface area contributed by atoms with Gasteiger partial charge in [-0.2, -0.15) is 0 Å². The van der Waals surface area contributed by atoms with Crippen LogP contribution in [-0.2, 0) is 11.3 Å². The van der Waals surface area contributed by atoms with E-state index < -0.39 is 11.9 Å². The van der Waals surface area contributed by atoms with Crippen LogP contribution in [0.25, 0.3) is 6.08 Å². The summed E-state index contributed by atoms with van der Waals surface area (Å²) in [5.74, 6) is -0.746. The van der Waals surface area contributed by atoms with Crippen LogP contribution < -0.4 is 0 Å². The fourth-order valence-electron chi connectivity index (χ4n) is 2.50. The number of benzene rings is 1. The molecule has 0 fully saturated rings. The summed E-state index contributed by atoms with van der Waals surface area (Å²) in [7, 11) is 0. The highest BCUT2D eigenvalue weighted by molar-refractivity contribution is 7.09. The Morgan fingerprint density at radius 2 is 1.65 bits per heavy atom.